The van der Waals surface area contributed by atoms with Crippen molar-refractivity contribution in [3.8, 4) is 0 Å². The standard InChI is InChI=1S/C11H13F2N5O2/c1-2-3-6(11(19)20)14-7-4-5-8-15-16-10(9(12)13)18(8)17-7/h4-6,9H,2-3H2,1H3,(H,14,17)(H,19,20). The van der Waals surface area contributed by atoms with E-state index in [2.05, 4.69) is 20.6 Å². The summed E-state index contributed by atoms with van der Waals surface area (Å²) < 4.78 is 26.3. The van der Waals surface area contributed by atoms with E-state index in [0.717, 1.165) is 4.52 Å². The summed E-state index contributed by atoms with van der Waals surface area (Å²) in [5.41, 5.74) is 0.174. The highest BCUT2D eigenvalue weighted by Gasteiger charge is 2.19. The molecule has 2 aromatic heterocycles. The molecule has 2 aromatic rings. The van der Waals surface area contributed by atoms with Gasteiger partial charge in [-0.25, -0.2) is 13.6 Å². The van der Waals surface area contributed by atoms with Gasteiger partial charge in [-0.2, -0.15) is 4.52 Å². The molecule has 20 heavy (non-hydrogen) atoms. The number of aliphatic carboxylic acids is 1. The smallest absolute Gasteiger partial charge is 0.326 e. The first kappa shape index (κ1) is 14.1. The molecule has 1 atom stereocenters. The Morgan fingerprint density at radius 1 is 1.45 bits per heavy atom. The summed E-state index contributed by atoms with van der Waals surface area (Å²) in [6, 6.07) is 2.10. The fourth-order valence-corrected chi connectivity index (χ4v) is 1.74. The van der Waals surface area contributed by atoms with Crippen LogP contribution in [0.1, 0.15) is 32.0 Å². The Hall–Kier alpha value is -2.32. The summed E-state index contributed by atoms with van der Waals surface area (Å²) in [6.45, 7) is 1.85. The Labute approximate surface area is 112 Å². The van der Waals surface area contributed by atoms with Crippen LogP contribution in [0.4, 0.5) is 14.6 Å². The van der Waals surface area contributed by atoms with Gasteiger partial charge in [-0.1, -0.05) is 13.3 Å². The minimum absolute atomic E-state index is 0.174. The zero-order chi connectivity index (χ0) is 14.7. The molecular weight excluding hydrogens is 272 g/mol. The van der Waals surface area contributed by atoms with Crippen molar-refractivity contribution in [1.29, 1.82) is 0 Å². The van der Waals surface area contributed by atoms with Crippen molar-refractivity contribution in [2.75, 3.05) is 5.32 Å². The summed E-state index contributed by atoms with van der Waals surface area (Å²) in [6.07, 6.45) is -1.74. The van der Waals surface area contributed by atoms with Gasteiger partial charge in [0, 0.05) is 0 Å². The number of carboxylic acids is 1. The summed E-state index contributed by atoms with van der Waals surface area (Å²) >= 11 is 0. The van der Waals surface area contributed by atoms with Crippen molar-refractivity contribution in [2.24, 2.45) is 0 Å². The number of nitrogens with one attached hydrogen (secondary N) is 1. The maximum atomic E-state index is 12.7. The molecule has 108 valence electrons. The second-order valence-corrected chi connectivity index (χ2v) is 4.17. The number of rotatable bonds is 6. The van der Waals surface area contributed by atoms with E-state index in [1.54, 1.807) is 0 Å². The molecule has 0 bridgehead atoms. The minimum atomic E-state index is -2.81. The van der Waals surface area contributed by atoms with Crippen LogP contribution >= 0.6 is 0 Å². The molecule has 0 saturated heterocycles. The molecule has 2 heterocycles. The first-order chi connectivity index (χ1) is 9.52. The Morgan fingerprint density at radius 2 is 2.20 bits per heavy atom. The summed E-state index contributed by atoms with van der Waals surface area (Å²) in [4.78, 5) is 11.0. The number of alkyl halides is 2. The molecule has 0 aliphatic rings. The molecule has 2 rings (SSSR count). The third-order valence-electron chi connectivity index (χ3n) is 2.68. The van der Waals surface area contributed by atoms with Crippen LogP contribution in [0.15, 0.2) is 12.1 Å². The Morgan fingerprint density at radius 3 is 2.80 bits per heavy atom. The number of carboxylic acid groups (broad SMARTS) is 1. The van der Waals surface area contributed by atoms with Gasteiger partial charge >= 0.3 is 5.97 Å². The molecule has 0 aromatic carbocycles. The first-order valence-corrected chi connectivity index (χ1v) is 6.02. The van der Waals surface area contributed by atoms with E-state index in [9.17, 15) is 13.6 Å². The molecule has 0 saturated carbocycles. The highest BCUT2D eigenvalue weighted by molar-refractivity contribution is 5.76. The van der Waals surface area contributed by atoms with Gasteiger partial charge in [-0.3, -0.25) is 0 Å². The van der Waals surface area contributed by atoms with Crippen LogP contribution in [-0.4, -0.2) is 36.9 Å². The third-order valence-corrected chi connectivity index (χ3v) is 2.68. The number of carbonyl (C=O) groups is 1. The highest BCUT2D eigenvalue weighted by atomic mass is 19.3. The number of fused-ring (bicyclic) bond motifs is 1. The zero-order valence-corrected chi connectivity index (χ0v) is 10.6. The largest absolute Gasteiger partial charge is 0.480 e. The van der Waals surface area contributed by atoms with Crippen molar-refractivity contribution < 1.29 is 18.7 Å². The minimum Gasteiger partial charge on any atom is -0.480 e. The normalized spacial score (nSPS) is 12.8. The Balaban J connectivity index is 2.30. The SMILES string of the molecule is CCCC(Nc1ccc2nnc(C(F)F)n2n1)C(=O)O. The monoisotopic (exact) mass is 285 g/mol. The molecule has 0 radical (unpaired) electrons. The molecule has 0 fully saturated rings. The van der Waals surface area contributed by atoms with E-state index in [4.69, 9.17) is 5.11 Å². The maximum Gasteiger partial charge on any atom is 0.326 e. The van der Waals surface area contributed by atoms with Gasteiger partial charge in [0.15, 0.2) is 5.65 Å². The van der Waals surface area contributed by atoms with Crippen LogP contribution in [0.3, 0.4) is 0 Å². The molecule has 1 unspecified atom stereocenters. The third kappa shape index (κ3) is 2.81. The Kier molecular flexibility index (Phi) is 4.06. The van der Waals surface area contributed by atoms with Crippen LogP contribution in [0.5, 0.6) is 0 Å². The van der Waals surface area contributed by atoms with Gasteiger partial charge in [0.2, 0.25) is 5.82 Å². The van der Waals surface area contributed by atoms with Gasteiger partial charge in [0.05, 0.1) is 0 Å². The number of anilines is 1. The number of halogens is 2. The first-order valence-electron chi connectivity index (χ1n) is 6.02. The number of nitrogens with zero attached hydrogens (tertiary/aromatic N) is 4. The average Bonchev–Trinajstić information content (AvgIpc) is 2.81. The van der Waals surface area contributed by atoms with Crippen molar-refractivity contribution in [3.63, 3.8) is 0 Å². The molecule has 7 nitrogen and oxygen atoms in total. The maximum absolute atomic E-state index is 12.7. The van der Waals surface area contributed by atoms with Crippen molar-refractivity contribution >= 4 is 17.4 Å². The summed E-state index contributed by atoms with van der Waals surface area (Å²) in [7, 11) is 0. The van der Waals surface area contributed by atoms with E-state index in [-0.39, 0.29) is 11.5 Å². The van der Waals surface area contributed by atoms with Gasteiger partial charge in [0.25, 0.3) is 6.43 Å². The van der Waals surface area contributed by atoms with Crippen LogP contribution < -0.4 is 5.32 Å². The lowest BCUT2D eigenvalue weighted by molar-refractivity contribution is -0.138. The predicted octanol–water partition coefficient (Wildman–Crippen LogP) is 1.73. The molecule has 0 amide bonds. The molecule has 0 aliphatic heterocycles. The number of hydrogen-bond acceptors (Lipinski definition) is 5. The molecule has 0 spiro atoms. The molecule has 0 aliphatic carbocycles. The number of aromatic nitrogens is 4. The number of hydrogen-bond donors (Lipinski definition) is 2. The summed E-state index contributed by atoms with van der Waals surface area (Å²) in [5.74, 6) is -1.42. The topological polar surface area (TPSA) is 92.4 Å². The predicted molar refractivity (Wildman–Crippen MR) is 65.7 cm³/mol. The van der Waals surface area contributed by atoms with Crippen LogP contribution in [0, 0.1) is 0 Å². The fraction of sp³-hybridized carbons (Fsp3) is 0.455. The Bertz CT molecular complexity index is 616. The zero-order valence-electron chi connectivity index (χ0n) is 10.6. The van der Waals surface area contributed by atoms with Gasteiger partial charge in [-0.05, 0) is 18.6 Å². The van der Waals surface area contributed by atoms with E-state index in [1.807, 2.05) is 6.92 Å². The van der Waals surface area contributed by atoms with Crippen LogP contribution in [0.2, 0.25) is 0 Å². The lowest BCUT2D eigenvalue weighted by atomic mass is 10.2. The van der Waals surface area contributed by atoms with Crippen LogP contribution in [-0.2, 0) is 4.79 Å². The van der Waals surface area contributed by atoms with E-state index in [0.29, 0.717) is 12.8 Å². The van der Waals surface area contributed by atoms with E-state index >= 15 is 0 Å². The average molecular weight is 285 g/mol. The molecular formula is C11H13F2N5O2. The summed E-state index contributed by atoms with van der Waals surface area (Å²) in [5, 5.41) is 22.5. The lowest BCUT2D eigenvalue weighted by Crippen LogP contribution is -2.29. The second kappa shape index (κ2) is 5.76. The van der Waals surface area contributed by atoms with E-state index < -0.39 is 24.3 Å². The van der Waals surface area contributed by atoms with Crippen LogP contribution in [0.25, 0.3) is 5.65 Å². The fourth-order valence-electron chi connectivity index (χ4n) is 1.74. The van der Waals surface area contributed by atoms with Gasteiger partial charge in [-0.15, -0.1) is 15.3 Å². The molecule has 2 N–H and O–H groups in total. The highest BCUT2D eigenvalue weighted by Crippen LogP contribution is 2.18. The second-order valence-electron chi connectivity index (χ2n) is 4.17. The van der Waals surface area contributed by atoms with Gasteiger partial charge in [0.1, 0.15) is 11.9 Å². The molecule has 9 heteroatoms. The quantitative estimate of drug-likeness (QED) is 0.839. The van der Waals surface area contributed by atoms with Crippen molar-refractivity contribution in [2.45, 2.75) is 32.2 Å². The van der Waals surface area contributed by atoms with E-state index in [1.165, 1.54) is 12.1 Å². The van der Waals surface area contributed by atoms with Gasteiger partial charge < -0.3 is 10.4 Å². The lowest BCUT2D eigenvalue weighted by Gasteiger charge is -2.13. The van der Waals surface area contributed by atoms with Crippen molar-refractivity contribution in [1.82, 2.24) is 19.8 Å². The van der Waals surface area contributed by atoms with Crippen molar-refractivity contribution in [3.05, 3.63) is 18.0 Å².